The topological polar surface area (TPSA) is 102 Å². The van der Waals surface area contributed by atoms with Crippen LogP contribution in [0.2, 0.25) is 0 Å². The quantitative estimate of drug-likeness (QED) is 0.336. The third-order valence-corrected chi connectivity index (χ3v) is 7.30. The third-order valence-electron chi connectivity index (χ3n) is 6.13. The first-order chi connectivity index (χ1) is 17.6. The fraction of sp³-hybridized carbons (Fsp3) is 0.483. The summed E-state index contributed by atoms with van der Waals surface area (Å²) in [6.07, 6.45) is 2.42. The lowest BCUT2D eigenvalue weighted by molar-refractivity contribution is -0.137. The summed E-state index contributed by atoms with van der Waals surface area (Å²) in [5.74, 6) is -1.44. The highest BCUT2D eigenvalue weighted by molar-refractivity contribution is 7.56. The fourth-order valence-electron chi connectivity index (χ4n) is 4.24. The van der Waals surface area contributed by atoms with Crippen molar-refractivity contribution in [1.29, 1.82) is 0 Å². The summed E-state index contributed by atoms with van der Waals surface area (Å²) >= 11 is 0. The Bertz CT molecular complexity index is 1030. The first-order valence-corrected chi connectivity index (χ1v) is 15.3. The number of rotatable bonds is 15. The Hall–Kier alpha value is -2.76. The zero-order valence-electron chi connectivity index (χ0n) is 22.8. The van der Waals surface area contributed by atoms with Gasteiger partial charge in [-0.1, -0.05) is 55.8 Å². The van der Waals surface area contributed by atoms with E-state index in [1.165, 1.54) is 0 Å². The van der Waals surface area contributed by atoms with Gasteiger partial charge in [0, 0.05) is 26.6 Å². The summed E-state index contributed by atoms with van der Waals surface area (Å²) in [7, 11) is 1.29. The van der Waals surface area contributed by atoms with Gasteiger partial charge in [0.1, 0.15) is 6.04 Å². The Balaban J connectivity index is 2.15. The van der Waals surface area contributed by atoms with Gasteiger partial charge in [-0.15, -0.1) is 7.92 Å². The minimum absolute atomic E-state index is 0.00789. The molecule has 7 nitrogen and oxygen atoms in total. The number of nitrogens with one attached hydrogen (secondary N) is 1. The van der Waals surface area contributed by atoms with Crippen LogP contribution in [0, 0.1) is 5.92 Å². The molecule has 0 aliphatic rings. The molecule has 0 fully saturated rings. The maximum atomic E-state index is 13.4. The summed E-state index contributed by atoms with van der Waals surface area (Å²) in [5.41, 5.74) is 9.68. The number of amides is 3. The van der Waals surface area contributed by atoms with Crippen molar-refractivity contribution in [2.45, 2.75) is 52.3 Å². The minimum Gasteiger partial charge on any atom is -0.380 e. The zero-order chi connectivity index (χ0) is 27.4. The van der Waals surface area contributed by atoms with E-state index in [9.17, 15) is 14.4 Å². The largest absolute Gasteiger partial charge is 0.380 e. The average molecular weight is 528 g/mol. The van der Waals surface area contributed by atoms with Gasteiger partial charge in [-0.2, -0.15) is 0 Å². The van der Waals surface area contributed by atoms with Crippen LogP contribution in [0.3, 0.4) is 0 Å². The molecule has 0 bridgehead atoms. The van der Waals surface area contributed by atoms with Crippen LogP contribution in [0.15, 0.2) is 48.5 Å². The molecule has 0 aliphatic heterocycles. The second kappa shape index (κ2) is 15.5. The highest BCUT2D eigenvalue weighted by Gasteiger charge is 2.27. The van der Waals surface area contributed by atoms with E-state index in [0.29, 0.717) is 25.9 Å². The van der Waals surface area contributed by atoms with Crippen LogP contribution in [-0.4, -0.2) is 61.8 Å². The zero-order valence-corrected chi connectivity index (χ0v) is 23.7. The summed E-state index contributed by atoms with van der Waals surface area (Å²) < 4.78 is 5.20. The molecule has 2 aromatic carbocycles. The van der Waals surface area contributed by atoms with Gasteiger partial charge in [0.2, 0.25) is 17.7 Å². The van der Waals surface area contributed by atoms with Crippen molar-refractivity contribution in [3.8, 4) is 11.1 Å². The van der Waals surface area contributed by atoms with E-state index < -0.39 is 25.8 Å². The van der Waals surface area contributed by atoms with Crippen molar-refractivity contribution in [2.75, 3.05) is 33.1 Å². The number of unbranched alkanes of at least 4 members (excludes halogenated alkanes) is 1. The van der Waals surface area contributed by atoms with E-state index in [1.807, 2.05) is 17.0 Å². The lowest BCUT2D eigenvalue weighted by atomic mass is 10.0. The molecule has 0 aromatic heterocycles. The van der Waals surface area contributed by atoms with Gasteiger partial charge in [0.15, 0.2) is 0 Å². The lowest BCUT2D eigenvalue weighted by Crippen LogP contribution is -2.49. The molecule has 0 saturated heterocycles. The van der Waals surface area contributed by atoms with E-state index in [-0.39, 0.29) is 18.2 Å². The molecule has 202 valence electrons. The molecule has 8 heteroatoms. The number of hydrogen-bond donors (Lipinski definition) is 2. The molecule has 2 atom stereocenters. The van der Waals surface area contributed by atoms with Crippen LogP contribution in [0.1, 0.15) is 44.2 Å². The fourth-order valence-corrected chi connectivity index (χ4v) is 5.41. The Morgan fingerprint density at radius 1 is 1.05 bits per heavy atom. The van der Waals surface area contributed by atoms with Crippen molar-refractivity contribution in [3.05, 3.63) is 59.7 Å². The number of primary amides is 1. The molecule has 2 aromatic rings. The van der Waals surface area contributed by atoms with E-state index in [2.05, 4.69) is 62.0 Å². The molecular formula is C29H42N3O4P. The van der Waals surface area contributed by atoms with Crippen molar-refractivity contribution in [2.24, 2.45) is 11.7 Å². The molecule has 0 aliphatic carbocycles. The third kappa shape index (κ3) is 10.3. The molecule has 0 spiro atoms. The normalized spacial score (nSPS) is 12.7. The number of carbonyl (C=O) groups excluding carboxylic acids is 3. The second-order valence-corrected chi connectivity index (χ2v) is 12.3. The van der Waals surface area contributed by atoms with Gasteiger partial charge >= 0.3 is 0 Å². The van der Waals surface area contributed by atoms with E-state index in [4.69, 9.17) is 10.5 Å². The monoisotopic (exact) mass is 527 g/mol. The highest BCUT2D eigenvalue weighted by atomic mass is 31.1. The minimum atomic E-state index is -0.698. The van der Waals surface area contributed by atoms with E-state index in [1.54, 1.807) is 14.0 Å². The first-order valence-electron chi connectivity index (χ1n) is 12.8. The van der Waals surface area contributed by atoms with Crippen molar-refractivity contribution in [1.82, 2.24) is 10.2 Å². The molecule has 0 heterocycles. The van der Waals surface area contributed by atoms with Crippen LogP contribution in [0.4, 0.5) is 0 Å². The molecular weight excluding hydrogens is 485 g/mol. The predicted molar refractivity (Wildman–Crippen MR) is 151 cm³/mol. The van der Waals surface area contributed by atoms with Crippen LogP contribution in [0.25, 0.3) is 11.1 Å². The Kier molecular flexibility index (Phi) is 12.7. The lowest BCUT2D eigenvalue weighted by Gasteiger charge is -2.28. The van der Waals surface area contributed by atoms with E-state index in [0.717, 1.165) is 35.1 Å². The van der Waals surface area contributed by atoms with Crippen LogP contribution < -0.4 is 11.1 Å². The van der Waals surface area contributed by atoms with Gasteiger partial charge in [0.25, 0.3) is 0 Å². The van der Waals surface area contributed by atoms with Gasteiger partial charge in [-0.3, -0.25) is 14.4 Å². The summed E-state index contributed by atoms with van der Waals surface area (Å²) in [4.78, 5) is 39.6. The number of nitrogens with two attached hydrogens (primary N) is 1. The van der Waals surface area contributed by atoms with Gasteiger partial charge in [-0.05, 0) is 61.2 Å². The number of nitrogens with zero attached hydrogens (tertiary/aromatic N) is 1. The average Bonchev–Trinajstić information content (AvgIpc) is 2.86. The van der Waals surface area contributed by atoms with Crippen LogP contribution in [0.5, 0.6) is 0 Å². The standard InChI is InChI=1S/C29H42N3O4P/c1-6-7-15-32(29(35)21(2)31-28(34)26(17-27(30)33)20-37(4)5)18-23-9-8-10-25(16-23)24-13-11-22(12-14-24)19-36-3/h8-14,16,21,26H,6-7,15,17-20H2,1-5H3,(H2,30,33)(H,31,34). The highest BCUT2D eigenvalue weighted by Crippen LogP contribution is 2.29. The van der Waals surface area contributed by atoms with Crippen LogP contribution >= 0.6 is 7.92 Å². The molecule has 37 heavy (non-hydrogen) atoms. The van der Waals surface area contributed by atoms with Crippen molar-refractivity contribution < 1.29 is 19.1 Å². The maximum absolute atomic E-state index is 13.4. The van der Waals surface area contributed by atoms with Crippen molar-refractivity contribution >= 4 is 25.6 Å². The number of hydrogen-bond acceptors (Lipinski definition) is 4. The number of ether oxygens (including phenoxy) is 1. The van der Waals surface area contributed by atoms with Crippen molar-refractivity contribution in [3.63, 3.8) is 0 Å². The summed E-state index contributed by atoms with van der Waals surface area (Å²) in [6, 6.07) is 15.8. The number of methoxy groups -OCH3 is 1. The SMILES string of the molecule is CCCCN(Cc1cccc(-c2ccc(COC)cc2)c1)C(=O)C(C)NC(=O)C(CC(N)=O)CP(C)C. The second-order valence-electron chi connectivity index (χ2n) is 9.80. The predicted octanol–water partition coefficient (Wildman–Crippen LogP) is 4.37. The molecule has 2 unspecified atom stereocenters. The summed E-state index contributed by atoms with van der Waals surface area (Å²) in [6.45, 7) is 9.54. The Morgan fingerprint density at radius 3 is 2.35 bits per heavy atom. The molecule has 0 saturated carbocycles. The number of benzene rings is 2. The molecule has 0 radical (unpaired) electrons. The van der Waals surface area contributed by atoms with Crippen LogP contribution in [-0.2, 0) is 32.3 Å². The Morgan fingerprint density at radius 2 is 1.76 bits per heavy atom. The Labute approximate surface area is 222 Å². The first kappa shape index (κ1) is 30.5. The maximum Gasteiger partial charge on any atom is 0.245 e. The van der Waals surface area contributed by atoms with Gasteiger partial charge < -0.3 is 20.7 Å². The van der Waals surface area contributed by atoms with Gasteiger partial charge in [0.05, 0.1) is 12.5 Å². The number of carbonyl (C=O) groups is 3. The molecule has 2 rings (SSSR count). The van der Waals surface area contributed by atoms with Gasteiger partial charge in [-0.25, -0.2) is 0 Å². The molecule has 3 N–H and O–H groups in total. The van der Waals surface area contributed by atoms with E-state index >= 15 is 0 Å². The summed E-state index contributed by atoms with van der Waals surface area (Å²) in [5, 5.41) is 2.85. The smallest absolute Gasteiger partial charge is 0.245 e. The molecule has 3 amide bonds.